The number of amides is 1. The maximum Gasteiger partial charge on any atom is 0.251 e. The van der Waals surface area contributed by atoms with Gasteiger partial charge in [0.05, 0.1) is 0 Å². The van der Waals surface area contributed by atoms with Crippen molar-refractivity contribution in [3.8, 4) is 5.69 Å². The van der Waals surface area contributed by atoms with Crippen molar-refractivity contribution in [1.29, 1.82) is 0 Å². The molecule has 1 atom stereocenters. The number of hydrogen-bond donors (Lipinski definition) is 1. The molecule has 7 heteroatoms. The second-order valence-electron chi connectivity index (χ2n) is 6.65. The van der Waals surface area contributed by atoms with Gasteiger partial charge >= 0.3 is 0 Å². The van der Waals surface area contributed by atoms with Crippen molar-refractivity contribution in [1.82, 2.24) is 29.9 Å². The summed E-state index contributed by atoms with van der Waals surface area (Å²) in [6.45, 7) is 7.39. The molecule has 0 spiro atoms. The van der Waals surface area contributed by atoms with E-state index in [1.54, 1.807) is 17.2 Å². The molecule has 1 amide bonds. The van der Waals surface area contributed by atoms with Gasteiger partial charge in [-0.2, -0.15) is 0 Å². The minimum Gasteiger partial charge on any atom is -0.352 e. The van der Waals surface area contributed by atoms with Crippen LogP contribution in [0.1, 0.15) is 23.7 Å². The molecule has 134 valence electrons. The molecule has 1 fully saturated rings. The van der Waals surface area contributed by atoms with Crippen LogP contribution in [0.25, 0.3) is 5.69 Å². The SMILES string of the molecule is CC(CCNC(=O)c1ccc(-n2cnnc2)cc1)N1CCN(C)CC1. The van der Waals surface area contributed by atoms with Crippen molar-refractivity contribution in [3.63, 3.8) is 0 Å². The third kappa shape index (κ3) is 4.64. The topological polar surface area (TPSA) is 66.3 Å². The van der Waals surface area contributed by atoms with Crippen molar-refractivity contribution in [2.45, 2.75) is 19.4 Å². The summed E-state index contributed by atoms with van der Waals surface area (Å²) in [5, 5.41) is 10.6. The molecule has 2 aromatic rings. The number of nitrogens with one attached hydrogen (secondary N) is 1. The van der Waals surface area contributed by atoms with Crippen LogP contribution in [0, 0.1) is 0 Å². The van der Waals surface area contributed by atoms with Gasteiger partial charge in [0.2, 0.25) is 0 Å². The van der Waals surface area contributed by atoms with Gasteiger partial charge in [-0.3, -0.25) is 14.3 Å². The van der Waals surface area contributed by atoms with E-state index in [4.69, 9.17) is 0 Å². The lowest BCUT2D eigenvalue weighted by atomic mass is 10.1. The van der Waals surface area contributed by atoms with Crippen LogP contribution in [-0.4, -0.2) is 76.3 Å². The van der Waals surface area contributed by atoms with Gasteiger partial charge in [-0.15, -0.1) is 10.2 Å². The second kappa shape index (κ2) is 8.22. The van der Waals surface area contributed by atoms with E-state index in [-0.39, 0.29) is 5.91 Å². The largest absolute Gasteiger partial charge is 0.352 e. The van der Waals surface area contributed by atoms with Crippen LogP contribution >= 0.6 is 0 Å². The fourth-order valence-corrected chi connectivity index (χ4v) is 3.06. The van der Waals surface area contributed by atoms with Gasteiger partial charge in [0.25, 0.3) is 5.91 Å². The fraction of sp³-hybridized carbons (Fsp3) is 0.500. The number of carbonyl (C=O) groups is 1. The fourth-order valence-electron chi connectivity index (χ4n) is 3.06. The molecule has 25 heavy (non-hydrogen) atoms. The monoisotopic (exact) mass is 342 g/mol. The molecule has 1 aliphatic rings. The Bertz CT molecular complexity index is 661. The predicted octanol–water partition coefficient (Wildman–Crippen LogP) is 1.02. The van der Waals surface area contributed by atoms with E-state index in [1.165, 1.54) is 0 Å². The Kier molecular flexibility index (Phi) is 5.78. The number of benzene rings is 1. The Hall–Kier alpha value is -2.25. The zero-order valence-electron chi connectivity index (χ0n) is 14.9. The summed E-state index contributed by atoms with van der Waals surface area (Å²) >= 11 is 0. The molecule has 0 saturated carbocycles. The van der Waals surface area contributed by atoms with Crippen molar-refractivity contribution >= 4 is 5.91 Å². The normalized spacial score (nSPS) is 17.4. The smallest absolute Gasteiger partial charge is 0.251 e. The molecular weight excluding hydrogens is 316 g/mol. The Labute approximate surface area is 148 Å². The van der Waals surface area contributed by atoms with E-state index in [9.17, 15) is 4.79 Å². The standard InChI is InChI=1S/C18H26N6O/c1-15(23-11-9-22(2)10-12-23)7-8-19-18(25)16-3-5-17(6-4-16)24-13-20-21-14-24/h3-6,13-15H,7-12H2,1-2H3,(H,19,25). The summed E-state index contributed by atoms with van der Waals surface area (Å²) < 4.78 is 1.80. The van der Waals surface area contributed by atoms with Crippen LogP contribution in [0.15, 0.2) is 36.9 Å². The van der Waals surface area contributed by atoms with Crippen molar-refractivity contribution in [3.05, 3.63) is 42.5 Å². The van der Waals surface area contributed by atoms with Crippen LogP contribution in [0.4, 0.5) is 0 Å². The number of piperazine rings is 1. The zero-order chi connectivity index (χ0) is 17.6. The Balaban J connectivity index is 1.44. The maximum atomic E-state index is 12.3. The average molecular weight is 342 g/mol. The number of likely N-dealkylation sites (N-methyl/N-ethyl adjacent to an activating group) is 1. The van der Waals surface area contributed by atoms with Crippen LogP contribution < -0.4 is 5.32 Å². The third-order valence-corrected chi connectivity index (χ3v) is 4.86. The van der Waals surface area contributed by atoms with E-state index in [0.29, 0.717) is 18.2 Å². The lowest BCUT2D eigenvalue weighted by Crippen LogP contribution is -2.48. The first-order chi connectivity index (χ1) is 12.1. The van der Waals surface area contributed by atoms with Crippen molar-refractivity contribution in [2.24, 2.45) is 0 Å². The number of aromatic nitrogens is 3. The van der Waals surface area contributed by atoms with Crippen LogP contribution in [0.2, 0.25) is 0 Å². The van der Waals surface area contributed by atoms with Gasteiger partial charge in [-0.1, -0.05) is 0 Å². The van der Waals surface area contributed by atoms with Gasteiger partial charge in [-0.25, -0.2) is 0 Å². The van der Waals surface area contributed by atoms with Gasteiger partial charge in [0, 0.05) is 50.0 Å². The lowest BCUT2D eigenvalue weighted by Gasteiger charge is -2.36. The lowest BCUT2D eigenvalue weighted by molar-refractivity contribution is 0.0935. The first-order valence-electron chi connectivity index (χ1n) is 8.79. The van der Waals surface area contributed by atoms with Gasteiger partial charge < -0.3 is 10.2 Å². The van der Waals surface area contributed by atoms with Crippen LogP contribution in [0.3, 0.4) is 0 Å². The molecule has 0 radical (unpaired) electrons. The van der Waals surface area contributed by atoms with Crippen molar-refractivity contribution in [2.75, 3.05) is 39.8 Å². The summed E-state index contributed by atoms with van der Waals surface area (Å²) in [6, 6.07) is 7.93. The molecule has 1 aliphatic heterocycles. The zero-order valence-corrected chi connectivity index (χ0v) is 14.9. The molecule has 0 aliphatic carbocycles. The molecule has 1 unspecified atom stereocenters. The summed E-state index contributed by atoms with van der Waals surface area (Å²) in [6.07, 6.45) is 4.23. The summed E-state index contributed by atoms with van der Waals surface area (Å²) in [5.41, 5.74) is 1.61. The highest BCUT2D eigenvalue weighted by Crippen LogP contribution is 2.10. The molecule has 0 bridgehead atoms. The number of nitrogens with zero attached hydrogens (tertiary/aromatic N) is 5. The van der Waals surface area contributed by atoms with E-state index in [0.717, 1.165) is 38.3 Å². The van der Waals surface area contributed by atoms with E-state index >= 15 is 0 Å². The first-order valence-corrected chi connectivity index (χ1v) is 8.79. The molecule has 7 nitrogen and oxygen atoms in total. The Morgan fingerprint density at radius 1 is 1.12 bits per heavy atom. The maximum absolute atomic E-state index is 12.3. The summed E-state index contributed by atoms with van der Waals surface area (Å²) in [7, 11) is 2.16. The Morgan fingerprint density at radius 3 is 2.40 bits per heavy atom. The number of hydrogen-bond acceptors (Lipinski definition) is 5. The van der Waals surface area contributed by atoms with E-state index in [1.807, 2.05) is 24.3 Å². The molecule has 1 aromatic carbocycles. The molecule has 1 saturated heterocycles. The molecular formula is C18H26N6O. The van der Waals surface area contributed by atoms with Gasteiger partial charge in [0.15, 0.2) is 0 Å². The van der Waals surface area contributed by atoms with E-state index < -0.39 is 0 Å². The third-order valence-electron chi connectivity index (χ3n) is 4.86. The number of carbonyl (C=O) groups excluding carboxylic acids is 1. The summed E-state index contributed by atoms with van der Waals surface area (Å²) in [4.78, 5) is 17.1. The minimum absolute atomic E-state index is 0.0270. The summed E-state index contributed by atoms with van der Waals surface area (Å²) in [5.74, 6) is -0.0270. The number of rotatable bonds is 6. The highest BCUT2D eigenvalue weighted by atomic mass is 16.1. The molecule has 1 N–H and O–H groups in total. The Morgan fingerprint density at radius 2 is 1.76 bits per heavy atom. The highest BCUT2D eigenvalue weighted by Gasteiger charge is 2.18. The van der Waals surface area contributed by atoms with Gasteiger partial charge in [0.1, 0.15) is 12.7 Å². The molecule has 3 rings (SSSR count). The minimum atomic E-state index is -0.0270. The van der Waals surface area contributed by atoms with Crippen molar-refractivity contribution < 1.29 is 4.79 Å². The predicted molar refractivity (Wildman–Crippen MR) is 96.8 cm³/mol. The first kappa shape index (κ1) is 17.6. The quantitative estimate of drug-likeness (QED) is 0.849. The molecule has 2 heterocycles. The second-order valence-corrected chi connectivity index (χ2v) is 6.65. The average Bonchev–Trinajstić information content (AvgIpc) is 3.17. The van der Waals surface area contributed by atoms with Gasteiger partial charge in [-0.05, 0) is 44.7 Å². The highest BCUT2D eigenvalue weighted by molar-refractivity contribution is 5.94. The van der Waals surface area contributed by atoms with E-state index in [2.05, 4.69) is 39.3 Å². The van der Waals surface area contributed by atoms with Crippen LogP contribution in [0.5, 0.6) is 0 Å². The van der Waals surface area contributed by atoms with Crippen LogP contribution in [-0.2, 0) is 0 Å². The molecule has 1 aromatic heterocycles.